The van der Waals surface area contributed by atoms with Crippen LogP contribution in [-0.4, -0.2) is 19.9 Å². The number of aryl methyl sites for hydroxylation is 2. The van der Waals surface area contributed by atoms with Crippen molar-refractivity contribution in [3.05, 3.63) is 77.7 Å². The molecule has 28 heavy (non-hydrogen) atoms. The van der Waals surface area contributed by atoms with Crippen molar-refractivity contribution in [3.63, 3.8) is 0 Å². The molecule has 1 aromatic heterocycles. The van der Waals surface area contributed by atoms with E-state index in [9.17, 15) is 12.8 Å². The second-order valence-corrected chi connectivity index (χ2v) is 8.46. The number of nitrogens with one attached hydrogen (secondary N) is 1. The second-order valence-electron chi connectivity index (χ2n) is 6.80. The predicted octanol–water partition coefficient (Wildman–Crippen LogP) is 4.41. The summed E-state index contributed by atoms with van der Waals surface area (Å²) in [4.78, 5) is 6.64. The molecule has 2 aromatic carbocycles. The molecule has 0 fully saturated rings. The third kappa shape index (κ3) is 3.57. The molecule has 3 aromatic rings. The summed E-state index contributed by atoms with van der Waals surface area (Å²) in [5.41, 5.74) is 3.13. The third-order valence-corrected chi connectivity index (χ3v) is 6.35. The summed E-state index contributed by atoms with van der Waals surface area (Å²) in [5.74, 6) is 0.303. The van der Waals surface area contributed by atoms with Crippen molar-refractivity contribution in [1.29, 1.82) is 0 Å². The maximum absolute atomic E-state index is 13.3. The van der Waals surface area contributed by atoms with Crippen LogP contribution in [0.25, 0.3) is 0 Å². The lowest BCUT2D eigenvalue weighted by Crippen LogP contribution is -2.25. The quantitative estimate of drug-likeness (QED) is 0.708. The Bertz CT molecular complexity index is 1110. The number of benzene rings is 2. The fourth-order valence-corrected chi connectivity index (χ4v) is 4.77. The van der Waals surface area contributed by atoms with E-state index in [1.54, 1.807) is 19.1 Å². The highest BCUT2D eigenvalue weighted by Crippen LogP contribution is 2.32. The van der Waals surface area contributed by atoms with E-state index in [0.29, 0.717) is 11.3 Å². The van der Waals surface area contributed by atoms with Crippen LogP contribution in [0.2, 0.25) is 0 Å². The number of nitrogens with zero attached hydrogens (tertiary/aromatic N) is 2. The molecule has 0 aliphatic carbocycles. The number of hydrogen-bond acceptors (Lipinski definition) is 4. The number of halogens is 1. The highest BCUT2D eigenvalue weighted by molar-refractivity contribution is 7.92. The average molecular weight is 397 g/mol. The van der Waals surface area contributed by atoms with Crippen LogP contribution in [0.4, 0.5) is 21.6 Å². The zero-order valence-corrected chi connectivity index (χ0v) is 16.2. The van der Waals surface area contributed by atoms with E-state index in [0.717, 1.165) is 37.0 Å². The molecule has 1 N–H and O–H groups in total. The normalized spacial score (nSPS) is 13.9. The molecule has 0 amide bonds. The van der Waals surface area contributed by atoms with Gasteiger partial charge in [-0.25, -0.2) is 17.8 Å². The molecule has 0 unspecified atom stereocenters. The molecule has 144 valence electrons. The van der Waals surface area contributed by atoms with Crippen molar-refractivity contribution in [2.24, 2.45) is 0 Å². The Balaban J connectivity index is 1.58. The van der Waals surface area contributed by atoms with Gasteiger partial charge in [-0.1, -0.05) is 18.2 Å². The van der Waals surface area contributed by atoms with Crippen molar-refractivity contribution in [2.45, 2.75) is 24.7 Å². The van der Waals surface area contributed by atoms with Gasteiger partial charge in [0.1, 0.15) is 11.6 Å². The van der Waals surface area contributed by atoms with E-state index >= 15 is 0 Å². The van der Waals surface area contributed by atoms with Gasteiger partial charge in [-0.2, -0.15) is 0 Å². The molecule has 5 nitrogen and oxygen atoms in total. The molecule has 1 aliphatic rings. The highest BCUT2D eigenvalue weighted by Gasteiger charge is 2.20. The molecule has 2 heterocycles. The van der Waals surface area contributed by atoms with Gasteiger partial charge in [-0.15, -0.1) is 0 Å². The van der Waals surface area contributed by atoms with E-state index in [1.807, 2.05) is 12.1 Å². The fourth-order valence-electron chi connectivity index (χ4n) is 3.50. The Morgan fingerprint density at radius 2 is 1.93 bits per heavy atom. The smallest absolute Gasteiger partial charge is 0.262 e. The van der Waals surface area contributed by atoms with Crippen molar-refractivity contribution in [2.75, 3.05) is 16.2 Å². The van der Waals surface area contributed by atoms with Gasteiger partial charge in [-0.05, 0) is 67.3 Å². The molecule has 0 atom stereocenters. The van der Waals surface area contributed by atoms with Gasteiger partial charge >= 0.3 is 0 Å². The van der Waals surface area contributed by atoms with Crippen LogP contribution in [0, 0.1) is 12.7 Å². The van der Waals surface area contributed by atoms with Gasteiger partial charge in [0.15, 0.2) is 0 Å². The number of anilines is 3. The molecule has 0 saturated heterocycles. The monoisotopic (exact) mass is 397 g/mol. The summed E-state index contributed by atoms with van der Waals surface area (Å²) >= 11 is 0. The Hall–Kier alpha value is -2.93. The maximum Gasteiger partial charge on any atom is 0.262 e. The van der Waals surface area contributed by atoms with Gasteiger partial charge in [0, 0.05) is 12.2 Å². The number of fused-ring (bicyclic) bond motifs is 1. The Kier molecular flexibility index (Phi) is 4.77. The molecule has 0 radical (unpaired) electrons. The molecule has 4 rings (SSSR count). The largest absolute Gasteiger partial charge is 0.326 e. The predicted molar refractivity (Wildman–Crippen MR) is 108 cm³/mol. The van der Waals surface area contributed by atoms with Crippen molar-refractivity contribution in [3.8, 4) is 0 Å². The lowest BCUT2D eigenvalue weighted by Gasteiger charge is -2.30. The average Bonchev–Trinajstić information content (AvgIpc) is 2.67. The lowest BCUT2D eigenvalue weighted by molar-refractivity contribution is 0.598. The first-order chi connectivity index (χ1) is 13.4. The van der Waals surface area contributed by atoms with Crippen molar-refractivity contribution in [1.82, 2.24) is 4.98 Å². The topological polar surface area (TPSA) is 62.3 Å². The second kappa shape index (κ2) is 7.24. The summed E-state index contributed by atoms with van der Waals surface area (Å²) in [6.07, 6.45) is 3.58. The van der Waals surface area contributed by atoms with E-state index in [1.165, 1.54) is 23.9 Å². The van der Waals surface area contributed by atoms with E-state index in [4.69, 9.17) is 0 Å². The first-order valence-electron chi connectivity index (χ1n) is 9.04. The fraction of sp³-hybridized carbons (Fsp3) is 0.190. The molecular weight excluding hydrogens is 377 g/mol. The first kappa shape index (κ1) is 18.4. The number of pyridine rings is 1. The van der Waals surface area contributed by atoms with Crippen LogP contribution >= 0.6 is 0 Å². The molecular formula is C21H20FN3O2S. The Morgan fingerprint density at radius 1 is 1.11 bits per heavy atom. The zero-order chi connectivity index (χ0) is 19.7. The number of sulfonamides is 1. The first-order valence-corrected chi connectivity index (χ1v) is 10.5. The Labute approximate surface area is 163 Å². The number of rotatable bonds is 4. The minimum atomic E-state index is -3.82. The summed E-state index contributed by atoms with van der Waals surface area (Å²) in [6, 6.07) is 15.3. The molecule has 7 heteroatoms. The van der Waals surface area contributed by atoms with Gasteiger partial charge in [0.25, 0.3) is 10.0 Å². The summed E-state index contributed by atoms with van der Waals surface area (Å²) in [7, 11) is -3.82. The molecule has 0 spiro atoms. The van der Waals surface area contributed by atoms with E-state index in [-0.39, 0.29) is 4.90 Å². The van der Waals surface area contributed by atoms with Crippen LogP contribution in [0.15, 0.2) is 65.7 Å². The summed E-state index contributed by atoms with van der Waals surface area (Å²) < 4.78 is 41.0. The molecule has 0 bridgehead atoms. The third-order valence-electron chi connectivity index (χ3n) is 4.81. The number of para-hydroxylation sites is 1. The highest BCUT2D eigenvalue weighted by atomic mass is 32.2. The molecule has 0 saturated carbocycles. The number of aromatic nitrogens is 1. The van der Waals surface area contributed by atoms with Crippen LogP contribution in [-0.2, 0) is 16.4 Å². The zero-order valence-electron chi connectivity index (χ0n) is 15.4. The van der Waals surface area contributed by atoms with Gasteiger partial charge in [0.05, 0.1) is 16.8 Å². The minimum absolute atomic E-state index is 0.0444. The van der Waals surface area contributed by atoms with Gasteiger partial charge in [0.2, 0.25) is 0 Å². The van der Waals surface area contributed by atoms with Crippen LogP contribution in [0.1, 0.15) is 17.5 Å². The SMILES string of the molecule is Cc1cc(F)ccc1S(=O)(=O)Nc1ccc(N2CCCc3ccccc32)nc1. The van der Waals surface area contributed by atoms with Gasteiger partial charge < -0.3 is 4.90 Å². The molecule has 1 aliphatic heterocycles. The standard InChI is InChI=1S/C21H20FN3O2S/c1-15-13-17(22)8-10-20(15)28(26,27)24-18-9-11-21(23-14-18)25-12-4-6-16-5-2-3-7-19(16)25/h2-3,5,7-11,13-14,24H,4,6,12H2,1H3. The van der Waals surface area contributed by atoms with E-state index in [2.05, 4.69) is 26.7 Å². The summed E-state index contributed by atoms with van der Waals surface area (Å²) in [5, 5.41) is 0. The maximum atomic E-state index is 13.3. The van der Waals surface area contributed by atoms with Gasteiger partial charge in [-0.3, -0.25) is 4.72 Å². The van der Waals surface area contributed by atoms with Crippen molar-refractivity contribution >= 4 is 27.2 Å². The lowest BCUT2D eigenvalue weighted by atomic mass is 10.0. The summed E-state index contributed by atoms with van der Waals surface area (Å²) in [6.45, 7) is 2.43. The number of hydrogen-bond donors (Lipinski definition) is 1. The van der Waals surface area contributed by atoms with Crippen LogP contribution in [0.3, 0.4) is 0 Å². The minimum Gasteiger partial charge on any atom is -0.326 e. The van der Waals surface area contributed by atoms with Crippen LogP contribution in [0.5, 0.6) is 0 Å². The van der Waals surface area contributed by atoms with Crippen molar-refractivity contribution < 1.29 is 12.8 Å². The Morgan fingerprint density at radius 3 is 2.68 bits per heavy atom. The van der Waals surface area contributed by atoms with E-state index < -0.39 is 15.8 Å². The van der Waals surface area contributed by atoms with Crippen LogP contribution < -0.4 is 9.62 Å².